The molecule has 1 aliphatic rings. The lowest BCUT2D eigenvalue weighted by molar-refractivity contribution is 0.0350. The molecule has 28 heavy (non-hydrogen) atoms. The predicted octanol–water partition coefficient (Wildman–Crippen LogP) is 2.28. The van der Waals surface area contributed by atoms with Gasteiger partial charge in [0.05, 0.1) is 28.4 Å². The van der Waals surface area contributed by atoms with Crippen molar-refractivity contribution in [2.24, 2.45) is 7.05 Å². The van der Waals surface area contributed by atoms with E-state index in [2.05, 4.69) is 4.98 Å². The molecule has 0 bridgehead atoms. The number of nitrogens with zero attached hydrogens (tertiary/aromatic N) is 3. The number of rotatable bonds is 2. The van der Waals surface area contributed by atoms with Crippen molar-refractivity contribution < 1.29 is 19.4 Å². The Morgan fingerprint density at radius 1 is 1.29 bits per heavy atom. The molecule has 0 saturated carbocycles. The molecule has 0 atom stereocenters. The zero-order valence-corrected chi connectivity index (χ0v) is 15.6. The van der Waals surface area contributed by atoms with Crippen molar-refractivity contribution in [1.82, 2.24) is 9.55 Å². The lowest BCUT2D eigenvalue weighted by atomic mass is 9.93. The second kappa shape index (κ2) is 6.27. The summed E-state index contributed by atoms with van der Waals surface area (Å²) >= 11 is 0. The van der Waals surface area contributed by atoms with Gasteiger partial charge in [0.15, 0.2) is 5.82 Å². The number of aromatic nitrogens is 2. The molecule has 1 saturated heterocycles. The number of hydrogen-bond acceptors (Lipinski definition) is 5. The minimum Gasteiger partial charge on any atom is -0.477 e. The van der Waals surface area contributed by atoms with Crippen molar-refractivity contribution in [3.63, 3.8) is 0 Å². The Kier molecular flexibility index (Phi) is 4.11. The first-order valence-corrected chi connectivity index (χ1v) is 9.01. The van der Waals surface area contributed by atoms with Crippen LogP contribution in [-0.4, -0.2) is 44.4 Å². The number of aliphatic hydroxyl groups is 1. The van der Waals surface area contributed by atoms with Crippen molar-refractivity contribution in [3.05, 3.63) is 46.1 Å². The Morgan fingerprint density at radius 3 is 2.61 bits per heavy atom. The number of fused-ring (bicyclic) bond motifs is 3. The van der Waals surface area contributed by atoms with Crippen molar-refractivity contribution in [3.8, 4) is 0 Å². The van der Waals surface area contributed by atoms with Crippen LogP contribution < -0.4 is 10.3 Å². The van der Waals surface area contributed by atoms with Gasteiger partial charge >= 0.3 is 5.97 Å². The third-order valence-electron chi connectivity index (χ3n) is 5.52. The van der Waals surface area contributed by atoms with E-state index in [9.17, 15) is 19.8 Å². The summed E-state index contributed by atoms with van der Waals surface area (Å²) in [5.41, 5.74) is -0.955. The van der Waals surface area contributed by atoms with Crippen LogP contribution in [0.3, 0.4) is 0 Å². The highest BCUT2D eigenvalue weighted by Crippen LogP contribution is 2.32. The van der Waals surface area contributed by atoms with E-state index in [1.54, 1.807) is 26.1 Å². The molecule has 0 unspecified atom stereocenters. The van der Waals surface area contributed by atoms with Crippen LogP contribution in [0.5, 0.6) is 0 Å². The van der Waals surface area contributed by atoms with Gasteiger partial charge in [0.25, 0.3) is 0 Å². The minimum atomic E-state index is -1.33. The molecule has 1 aliphatic heterocycles. The standard InChI is InChI=1S/C20H20FN3O4/c1-20(28)5-7-24(8-6-20)13-4-3-11-15-14(9-22-17(11)16(13)21)23(2)10-12(18(15)25)19(26)27/h3-4,9-10,28H,5-8H2,1-2H3,(H,26,27). The molecule has 4 rings (SSSR count). The van der Waals surface area contributed by atoms with Crippen molar-refractivity contribution in [2.75, 3.05) is 18.0 Å². The molecule has 3 aromatic rings. The van der Waals surface area contributed by atoms with Crippen LogP contribution in [-0.2, 0) is 7.05 Å². The molecule has 2 N–H and O–H groups in total. The zero-order chi connectivity index (χ0) is 20.2. The second-order valence-electron chi connectivity index (χ2n) is 7.59. The number of anilines is 1. The Labute approximate surface area is 159 Å². The fourth-order valence-corrected chi connectivity index (χ4v) is 3.80. The van der Waals surface area contributed by atoms with Gasteiger partial charge in [-0.25, -0.2) is 9.18 Å². The quantitative estimate of drug-likeness (QED) is 0.657. The monoisotopic (exact) mass is 385 g/mol. The first-order valence-electron chi connectivity index (χ1n) is 9.01. The van der Waals surface area contributed by atoms with Gasteiger partial charge in [0, 0.05) is 31.7 Å². The molecule has 3 heterocycles. The smallest absolute Gasteiger partial charge is 0.341 e. The first kappa shape index (κ1) is 18.4. The molecule has 1 fully saturated rings. The molecule has 0 radical (unpaired) electrons. The average Bonchev–Trinajstić information content (AvgIpc) is 2.64. The average molecular weight is 385 g/mol. The second-order valence-corrected chi connectivity index (χ2v) is 7.59. The van der Waals surface area contributed by atoms with E-state index < -0.39 is 22.8 Å². The van der Waals surface area contributed by atoms with Crippen molar-refractivity contribution in [1.29, 1.82) is 0 Å². The number of aromatic carboxylic acids is 1. The summed E-state index contributed by atoms with van der Waals surface area (Å²) in [7, 11) is 1.62. The maximum absolute atomic E-state index is 15.3. The van der Waals surface area contributed by atoms with E-state index in [1.165, 1.54) is 17.0 Å². The molecule has 0 spiro atoms. The van der Waals surface area contributed by atoms with Crippen LogP contribution in [0.4, 0.5) is 10.1 Å². The van der Waals surface area contributed by atoms with E-state index in [1.807, 2.05) is 4.90 Å². The summed E-state index contributed by atoms with van der Waals surface area (Å²) in [6.07, 6.45) is 3.68. The van der Waals surface area contributed by atoms with Crippen molar-refractivity contribution >= 4 is 33.5 Å². The topological polar surface area (TPSA) is 95.7 Å². The molecular weight excluding hydrogens is 365 g/mol. The predicted molar refractivity (Wildman–Crippen MR) is 103 cm³/mol. The number of pyridine rings is 2. The first-order chi connectivity index (χ1) is 13.2. The van der Waals surface area contributed by atoms with Gasteiger partial charge in [0.1, 0.15) is 11.1 Å². The fourth-order valence-electron chi connectivity index (χ4n) is 3.80. The highest BCUT2D eigenvalue weighted by molar-refractivity contribution is 6.07. The van der Waals surface area contributed by atoms with E-state index >= 15 is 4.39 Å². The van der Waals surface area contributed by atoms with Crippen LogP contribution in [0.25, 0.3) is 21.8 Å². The van der Waals surface area contributed by atoms with Crippen LogP contribution in [0, 0.1) is 5.82 Å². The van der Waals surface area contributed by atoms with Crippen LogP contribution in [0.15, 0.2) is 29.3 Å². The van der Waals surface area contributed by atoms with Gasteiger partial charge < -0.3 is 19.7 Å². The van der Waals surface area contributed by atoms with Gasteiger partial charge in [-0.15, -0.1) is 0 Å². The largest absolute Gasteiger partial charge is 0.477 e. The molecule has 0 aliphatic carbocycles. The maximum Gasteiger partial charge on any atom is 0.341 e. The molecule has 0 amide bonds. The van der Waals surface area contributed by atoms with Crippen LogP contribution >= 0.6 is 0 Å². The Bertz CT molecular complexity index is 1180. The molecule has 2 aromatic heterocycles. The summed E-state index contributed by atoms with van der Waals surface area (Å²) in [4.78, 5) is 30.2. The Hall–Kier alpha value is -3.00. The number of carboxylic acids is 1. The number of halogens is 1. The lowest BCUT2D eigenvalue weighted by Crippen LogP contribution is -2.42. The summed E-state index contributed by atoms with van der Waals surface area (Å²) in [6, 6.07) is 3.20. The van der Waals surface area contributed by atoms with E-state index in [0.29, 0.717) is 37.1 Å². The summed E-state index contributed by atoms with van der Waals surface area (Å²) in [5, 5.41) is 19.8. The number of hydrogen-bond donors (Lipinski definition) is 2. The minimum absolute atomic E-state index is 0.0296. The molecule has 1 aromatic carbocycles. The van der Waals surface area contributed by atoms with E-state index in [0.717, 1.165) is 0 Å². The normalized spacial score (nSPS) is 16.6. The maximum atomic E-state index is 15.3. The molecular formula is C20H20FN3O4. The zero-order valence-electron chi connectivity index (χ0n) is 15.6. The van der Waals surface area contributed by atoms with Gasteiger partial charge in [-0.3, -0.25) is 9.78 Å². The van der Waals surface area contributed by atoms with E-state index in [4.69, 9.17) is 0 Å². The van der Waals surface area contributed by atoms with E-state index in [-0.39, 0.29) is 21.9 Å². The third-order valence-corrected chi connectivity index (χ3v) is 5.52. The number of aryl methyl sites for hydroxylation is 1. The highest BCUT2D eigenvalue weighted by atomic mass is 19.1. The van der Waals surface area contributed by atoms with Crippen LogP contribution in [0.2, 0.25) is 0 Å². The summed E-state index contributed by atoms with van der Waals surface area (Å²) in [5.74, 6) is -1.88. The fraction of sp³-hybridized carbons (Fsp3) is 0.350. The van der Waals surface area contributed by atoms with Gasteiger partial charge in [-0.05, 0) is 31.9 Å². The van der Waals surface area contributed by atoms with Crippen LogP contribution in [0.1, 0.15) is 30.1 Å². The van der Waals surface area contributed by atoms with Gasteiger partial charge in [-0.1, -0.05) is 0 Å². The van der Waals surface area contributed by atoms with Gasteiger partial charge in [-0.2, -0.15) is 0 Å². The molecule has 8 heteroatoms. The summed E-state index contributed by atoms with van der Waals surface area (Å²) < 4.78 is 16.8. The number of benzene rings is 1. The molecule has 7 nitrogen and oxygen atoms in total. The number of carboxylic acid groups (broad SMARTS) is 1. The molecule has 146 valence electrons. The Balaban J connectivity index is 1.93. The summed E-state index contributed by atoms with van der Waals surface area (Å²) in [6.45, 7) is 2.78. The lowest BCUT2D eigenvalue weighted by Gasteiger charge is -2.37. The number of carbonyl (C=O) groups is 1. The highest BCUT2D eigenvalue weighted by Gasteiger charge is 2.29. The number of piperidine rings is 1. The third kappa shape index (κ3) is 2.80. The van der Waals surface area contributed by atoms with Gasteiger partial charge in [0.2, 0.25) is 5.43 Å². The Morgan fingerprint density at radius 2 is 1.96 bits per heavy atom. The van der Waals surface area contributed by atoms with Crippen molar-refractivity contribution in [2.45, 2.75) is 25.4 Å². The SMILES string of the molecule is Cn1cc(C(=O)O)c(=O)c2c3ccc(N4CCC(C)(O)CC4)c(F)c3ncc21.